The van der Waals surface area contributed by atoms with Crippen LogP contribution in [0, 0.1) is 5.92 Å². The van der Waals surface area contributed by atoms with Gasteiger partial charge < -0.3 is 9.47 Å². The van der Waals surface area contributed by atoms with Gasteiger partial charge in [0, 0.05) is 6.92 Å². The Kier molecular flexibility index (Phi) is 7.59. The Labute approximate surface area is 167 Å². The van der Waals surface area contributed by atoms with Gasteiger partial charge in [-0.05, 0) is 18.1 Å². The normalized spacial score (nSPS) is 18.4. The van der Waals surface area contributed by atoms with Crippen LogP contribution in [-0.4, -0.2) is 41.0 Å². The zero-order valence-corrected chi connectivity index (χ0v) is 16.9. The summed E-state index contributed by atoms with van der Waals surface area (Å²) in [6, 6.07) is 6.67. The van der Waals surface area contributed by atoms with Crippen molar-refractivity contribution in [3.05, 3.63) is 24.3 Å². The minimum absolute atomic E-state index is 0.119. The Bertz CT molecular complexity index is 769. The highest BCUT2D eigenvalue weighted by atomic mass is 32.2. The van der Waals surface area contributed by atoms with E-state index in [1.54, 1.807) is 31.2 Å². The summed E-state index contributed by atoms with van der Waals surface area (Å²) in [5, 5.41) is -1.02. The van der Waals surface area contributed by atoms with Crippen LogP contribution in [0.1, 0.15) is 33.6 Å². The van der Waals surface area contributed by atoms with E-state index in [0.29, 0.717) is 17.9 Å². The lowest BCUT2D eigenvalue weighted by molar-refractivity contribution is -0.159. The molecule has 1 aliphatic rings. The summed E-state index contributed by atoms with van der Waals surface area (Å²) in [5.41, 5.74) is 6.15. The molecular weight excluding hydrogens is 384 g/mol. The second kappa shape index (κ2) is 9.70. The molecule has 0 saturated heterocycles. The Morgan fingerprint density at radius 2 is 2.04 bits per heavy atom. The van der Waals surface area contributed by atoms with Gasteiger partial charge in [-0.15, -0.1) is 0 Å². The third kappa shape index (κ3) is 5.56. The average molecular weight is 408 g/mol. The van der Waals surface area contributed by atoms with Crippen LogP contribution in [0.5, 0.6) is 5.75 Å². The summed E-state index contributed by atoms with van der Waals surface area (Å²) < 4.78 is 10.5. The molecule has 0 aliphatic carbocycles. The molecule has 0 fully saturated rings. The predicted molar refractivity (Wildman–Crippen MR) is 105 cm³/mol. The zero-order valence-electron chi connectivity index (χ0n) is 16.0. The van der Waals surface area contributed by atoms with Crippen LogP contribution in [0.15, 0.2) is 24.3 Å². The summed E-state index contributed by atoms with van der Waals surface area (Å²) in [4.78, 5) is 49.9. The maximum atomic E-state index is 12.5. The van der Waals surface area contributed by atoms with Crippen LogP contribution in [0.3, 0.4) is 0 Å². The van der Waals surface area contributed by atoms with Gasteiger partial charge in [-0.25, -0.2) is 4.79 Å². The van der Waals surface area contributed by atoms with E-state index in [-0.39, 0.29) is 17.5 Å². The lowest BCUT2D eigenvalue weighted by Gasteiger charge is -2.22. The van der Waals surface area contributed by atoms with E-state index in [1.165, 1.54) is 11.8 Å². The lowest BCUT2D eigenvalue weighted by atomic mass is 10.1. The summed E-state index contributed by atoms with van der Waals surface area (Å²) in [5.74, 6) is -1.88. The molecule has 2 N–H and O–H groups in total. The quantitative estimate of drug-likeness (QED) is 0.560. The molecule has 0 bridgehead atoms. The van der Waals surface area contributed by atoms with Gasteiger partial charge in [0.05, 0.1) is 12.1 Å². The number of ether oxygens (including phenoxy) is 2. The molecule has 28 heavy (non-hydrogen) atoms. The highest BCUT2D eigenvalue weighted by Crippen LogP contribution is 2.32. The maximum absolute atomic E-state index is 12.5. The third-order valence-corrected chi connectivity index (χ3v) is 5.54. The third-order valence-electron chi connectivity index (χ3n) is 4.30. The van der Waals surface area contributed by atoms with Crippen molar-refractivity contribution in [1.29, 1.82) is 0 Å². The van der Waals surface area contributed by atoms with Gasteiger partial charge in [0.1, 0.15) is 17.5 Å². The monoisotopic (exact) mass is 408 g/mol. The van der Waals surface area contributed by atoms with Crippen LogP contribution >= 0.6 is 11.8 Å². The number of amides is 1. The van der Waals surface area contributed by atoms with E-state index in [0.717, 1.165) is 11.8 Å². The molecule has 1 aromatic rings. The number of carbonyl (C=O) groups is 4. The van der Waals surface area contributed by atoms with E-state index >= 15 is 0 Å². The molecule has 1 aromatic carbocycles. The highest BCUT2D eigenvalue weighted by Gasteiger charge is 2.32. The van der Waals surface area contributed by atoms with Gasteiger partial charge in [-0.1, -0.05) is 44.2 Å². The highest BCUT2D eigenvalue weighted by molar-refractivity contribution is 8.14. The number of anilines is 1. The Morgan fingerprint density at radius 3 is 2.68 bits per heavy atom. The molecule has 1 aliphatic heterocycles. The number of nitrogens with zero attached hydrogens (tertiary/aromatic N) is 1. The molecule has 1 heterocycles. The molecule has 8 nitrogen and oxygen atoms in total. The number of para-hydroxylation sites is 2. The number of thioether (sulfide) groups is 1. The lowest BCUT2D eigenvalue weighted by Crippen LogP contribution is -2.40. The van der Waals surface area contributed by atoms with Gasteiger partial charge in [0.2, 0.25) is 5.91 Å². The summed E-state index contributed by atoms with van der Waals surface area (Å²) in [7, 11) is 0. The SMILES string of the molecule is CC[C@H](C)[C@H](SC(C)=O)C(=O)OC(=O)CN1C(=O)CC(N)Oc2ccccc21. The molecule has 9 heteroatoms. The maximum Gasteiger partial charge on any atom is 0.333 e. The van der Waals surface area contributed by atoms with E-state index in [2.05, 4.69) is 0 Å². The van der Waals surface area contributed by atoms with Crippen LogP contribution in [0.2, 0.25) is 0 Å². The second-order valence-electron chi connectivity index (χ2n) is 6.52. The van der Waals surface area contributed by atoms with Crippen molar-refractivity contribution in [3.8, 4) is 5.75 Å². The Morgan fingerprint density at radius 1 is 1.36 bits per heavy atom. The van der Waals surface area contributed by atoms with Crippen molar-refractivity contribution in [1.82, 2.24) is 0 Å². The first-order chi connectivity index (χ1) is 13.2. The van der Waals surface area contributed by atoms with E-state index in [1.807, 2.05) is 6.92 Å². The number of carbonyl (C=O) groups excluding carboxylic acids is 4. The van der Waals surface area contributed by atoms with Crippen molar-refractivity contribution < 1.29 is 28.7 Å². The van der Waals surface area contributed by atoms with Crippen LogP contribution < -0.4 is 15.4 Å². The first-order valence-corrected chi connectivity index (χ1v) is 9.84. The Hall–Kier alpha value is -2.39. The summed E-state index contributed by atoms with van der Waals surface area (Å²) in [6.07, 6.45) is -0.314. The second-order valence-corrected chi connectivity index (χ2v) is 7.84. The number of hydrogen-bond acceptors (Lipinski definition) is 8. The van der Waals surface area contributed by atoms with Gasteiger partial charge in [-0.3, -0.25) is 25.0 Å². The molecule has 152 valence electrons. The van der Waals surface area contributed by atoms with Crippen molar-refractivity contribution in [2.24, 2.45) is 11.7 Å². The number of hydrogen-bond donors (Lipinski definition) is 1. The molecule has 2 rings (SSSR count). The number of rotatable bonds is 6. The average Bonchev–Trinajstić information content (AvgIpc) is 2.74. The minimum atomic E-state index is -0.888. The number of fused-ring (bicyclic) bond motifs is 1. The van der Waals surface area contributed by atoms with E-state index in [4.69, 9.17) is 15.2 Å². The standard InChI is InChI=1S/C19H24N2O6S/c1-4-11(2)18(28-12(3)22)19(25)27-17(24)10-21-13-7-5-6-8-14(13)26-15(20)9-16(21)23/h5-8,11,15,18H,4,9-10,20H2,1-3H3/t11-,15?,18-/m0/s1. The van der Waals surface area contributed by atoms with Crippen LogP contribution in [0.4, 0.5) is 5.69 Å². The fourth-order valence-corrected chi connectivity index (χ4v) is 3.62. The molecule has 0 spiro atoms. The van der Waals surface area contributed by atoms with Gasteiger partial charge >= 0.3 is 11.9 Å². The van der Waals surface area contributed by atoms with E-state index < -0.39 is 35.9 Å². The molecule has 0 radical (unpaired) electrons. The van der Waals surface area contributed by atoms with Crippen LogP contribution in [0.25, 0.3) is 0 Å². The molecule has 0 saturated carbocycles. The van der Waals surface area contributed by atoms with Gasteiger partial charge in [0.15, 0.2) is 11.3 Å². The topological polar surface area (TPSA) is 116 Å². The molecule has 0 aromatic heterocycles. The van der Waals surface area contributed by atoms with Gasteiger partial charge in [-0.2, -0.15) is 0 Å². The molecular formula is C19H24N2O6S. The largest absolute Gasteiger partial charge is 0.473 e. The number of nitrogens with two attached hydrogens (primary N) is 1. The first kappa shape index (κ1) is 21.9. The molecule has 1 unspecified atom stereocenters. The van der Waals surface area contributed by atoms with Crippen LogP contribution in [-0.2, 0) is 23.9 Å². The fraction of sp³-hybridized carbons (Fsp3) is 0.474. The molecule has 3 atom stereocenters. The number of benzene rings is 1. The summed E-state index contributed by atoms with van der Waals surface area (Å²) >= 11 is 0.838. The zero-order chi connectivity index (χ0) is 20.8. The molecule has 1 amide bonds. The fourth-order valence-electron chi connectivity index (χ4n) is 2.70. The number of esters is 2. The van der Waals surface area contributed by atoms with Crippen molar-refractivity contribution in [2.45, 2.75) is 45.1 Å². The summed E-state index contributed by atoms with van der Waals surface area (Å²) in [6.45, 7) is 4.57. The first-order valence-electron chi connectivity index (χ1n) is 8.96. The van der Waals surface area contributed by atoms with E-state index in [9.17, 15) is 19.2 Å². The Balaban J connectivity index is 2.13. The van der Waals surface area contributed by atoms with Gasteiger partial charge in [0.25, 0.3) is 0 Å². The smallest absolute Gasteiger partial charge is 0.333 e. The van der Waals surface area contributed by atoms with Crippen molar-refractivity contribution in [2.75, 3.05) is 11.4 Å². The van der Waals surface area contributed by atoms with Crippen molar-refractivity contribution >= 4 is 40.4 Å². The predicted octanol–water partition coefficient (Wildman–Crippen LogP) is 1.85. The minimum Gasteiger partial charge on any atom is -0.473 e. The van der Waals surface area contributed by atoms with Crippen molar-refractivity contribution in [3.63, 3.8) is 0 Å².